The second kappa shape index (κ2) is 7.06. The fourth-order valence-electron chi connectivity index (χ4n) is 2.46. The molecule has 2 aromatic carbocycles. The lowest BCUT2D eigenvalue weighted by atomic mass is 10.1. The maximum atomic E-state index is 12.3. The van der Waals surface area contributed by atoms with Gasteiger partial charge in [0.15, 0.2) is 0 Å². The number of carbonyl (C=O) groups is 1. The maximum absolute atomic E-state index is 12.3. The highest BCUT2D eigenvalue weighted by Crippen LogP contribution is 2.27. The number of ether oxygens (including phenoxy) is 1. The summed E-state index contributed by atoms with van der Waals surface area (Å²) in [6.45, 7) is 1.68. The van der Waals surface area contributed by atoms with Crippen LogP contribution in [-0.2, 0) is 4.74 Å². The van der Waals surface area contributed by atoms with Crippen molar-refractivity contribution in [2.75, 3.05) is 6.61 Å². The minimum Gasteiger partial charge on any atom is -0.461 e. The fraction of sp³-hybridized carbons (Fsp3) is 0.111. The molecule has 0 saturated carbocycles. The summed E-state index contributed by atoms with van der Waals surface area (Å²) in [5.41, 5.74) is -0.478. The van der Waals surface area contributed by atoms with Crippen LogP contribution in [0.5, 0.6) is 0 Å². The average molecular weight is 351 g/mol. The number of non-ortho nitro benzene ring substituents is 1. The van der Waals surface area contributed by atoms with Gasteiger partial charge in [-0.1, -0.05) is 30.3 Å². The number of benzene rings is 2. The minimum atomic E-state index is -0.892. The summed E-state index contributed by atoms with van der Waals surface area (Å²) in [5.74, 6) is -0.892. The summed E-state index contributed by atoms with van der Waals surface area (Å²) >= 11 is 0. The maximum Gasteiger partial charge on any atom is 0.362 e. The van der Waals surface area contributed by atoms with Gasteiger partial charge < -0.3 is 4.74 Å². The number of nitro groups is 1. The lowest BCUT2D eigenvalue weighted by Crippen LogP contribution is -2.19. The molecule has 3 rings (SSSR count). The Kier molecular flexibility index (Phi) is 4.66. The van der Waals surface area contributed by atoms with E-state index in [0.29, 0.717) is 5.56 Å². The Bertz CT molecular complexity index is 1070. The third-order valence-electron chi connectivity index (χ3n) is 3.61. The Morgan fingerprint density at radius 1 is 1.15 bits per heavy atom. The van der Waals surface area contributed by atoms with Gasteiger partial charge >= 0.3 is 11.5 Å². The van der Waals surface area contributed by atoms with Crippen LogP contribution in [0.15, 0.2) is 53.3 Å². The van der Waals surface area contributed by atoms with Crippen molar-refractivity contribution in [3.05, 3.63) is 74.7 Å². The van der Waals surface area contributed by atoms with E-state index in [2.05, 4.69) is 9.97 Å². The van der Waals surface area contributed by atoms with E-state index in [4.69, 9.17) is 4.74 Å². The molecule has 8 heteroatoms. The molecule has 0 radical (unpaired) electrons. The van der Waals surface area contributed by atoms with Crippen molar-refractivity contribution in [1.29, 1.82) is 0 Å². The zero-order valence-corrected chi connectivity index (χ0v) is 13.7. The largest absolute Gasteiger partial charge is 0.461 e. The Labute approximate surface area is 147 Å². The molecule has 0 aliphatic rings. The van der Waals surface area contributed by atoms with Gasteiger partial charge in [-0.2, -0.15) is 0 Å². The first-order chi connectivity index (χ1) is 12.5. The van der Waals surface area contributed by atoms with Crippen LogP contribution in [0.2, 0.25) is 0 Å². The van der Waals surface area contributed by atoms with Crippen LogP contribution < -0.4 is 5.56 Å². The molecule has 8 nitrogen and oxygen atoms in total. The highest BCUT2D eigenvalue weighted by atomic mass is 16.6. The van der Waals surface area contributed by atoms with Gasteiger partial charge in [-0.25, -0.2) is 14.8 Å². The van der Waals surface area contributed by atoms with Gasteiger partial charge in [0.2, 0.25) is 5.69 Å². The smallest absolute Gasteiger partial charge is 0.362 e. The minimum absolute atomic E-state index is 0.0736. The third kappa shape index (κ3) is 3.25. The molecule has 1 heterocycles. The molecule has 0 atom stereocenters. The van der Waals surface area contributed by atoms with Crippen LogP contribution in [0.4, 0.5) is 5.69 Å². The van der Waals surface area contributed by atoms with E-state index < -0.39 is 22.1 Å². The van der Waals surface area contributed by atoms with Gasteiger partial charge in [-0.3, -0.25) is 14.9 Å². The van der Waals surface area contributed by atoms with Crippen LogP contribution >= 0.6 is 0 Å². The summed E-state index contributed by atoms with van der Waals surface area (Å²) in [5, 5.41) is 11.4. The Morgan fingerprint density at radius 3 is 2.54 bits per heavy atom. The quantitative estimate of drug-likeness (QED) is 0.403. The molecule has 130 valence electrons. The molecular weight excluding hydrogens is 338 g/mol. The summed E-state index contributed by atoms with van der Waals surface area (Å²) in [6, 6.07) is 12.6. The fourth-order valence-corrected chi connectivity index (χ4v) is 2.46. The predicted octanol–water partition coefficient (Wildman–Crippen LogP) is 2.74. The number of aromatic nitrogens is 2. The summed E-state index contributed by atoms with van der Waals surface area (Å²) in [4.78, 5) is 43.1. The summed E-state index contributed by atoms with van der Waals surface area (Å²) < 4.78 is 4.88. The van der Waals surface area contributed by atoms with E-state index >= 15 is 0 Å². The molecule has 0 amide bonds. The molecule has 0 fully saturated rings. The lowest BCUT2D eigenvalue weighted by molar-refractivity contribution is -0.384. The van der Waals surface area contributed by atoms with Crippen LogP contribution in [0.3, 0.4) is 0 Å². The molecule has 0 spiro atoms. The molecule has 0 saturated heterocycles. The topological polar surface area (TPSA) is 112 Å². The number of rotatable bonds is 4. The average Bonchev–Trinajstić information content (AvgIpc) is 2.78. The second-order valence-electron chi connectivity index (χ2n) is 5.27. The molecule has 0 N–H and O–H groups in total. The standard InChI is InChI=1S/C18H13N3O5/c1-2-26-18(23)16-17(22)19-14-9-8-12(21(24)25)10-13(14)15(20-16)11-6-4-3-5-7-11/h3-10H,2H2,1H3. The molecule has 3 aromatic rings. The zero-order valence-electron chi connectivity index (χ0n) is 13.7. The van der Waals surface area contributed by atoms with E-state index in [1.54, 1.807) is 37.3 Å². The molecular formula is C18H13N3O5. The van der Waals surface area contributed by atoms with Crippen molar-refractivity contribution in [3.8, 4) is 11.3 Å². The number of nitro benzene ring substituents is 1. The molecule has 0 unspecified atom stereocenters. The number of carbonyl (C=O) groups excluding carboxylic acids is 1. The number of nitrogens with zero attached hydrogens (tertiary/aromatic N) is 3. The molecule has 1 aromatic heterocycles. The number of fused-ring (bicyclic) bond motifs is 1. The van der Waals surface area contributed by atoms with E-state index in [-0.39, 0.29) is 28.9 Å². The summed E-state index contributed by atoms with van der Waals surface area (Å²) in [6.07, 6.45) is 0. The van der Waals surface area contributed by atoms with Crippen molar-refractivity contribution in [2.45, 2.75) is 6.92 Å². The van der Waals surface area contributed by atoms with Crippen molar-refractivity contribution in [1.82, 2.24) is 9.97 Å². The molecule has 26 heavy (non-hydrogen) atoms. The lowest BCUT2D eigenvalue weighted by Gasteiger charge is -2.03. The van der Waals surface area contributed by atoms with Crippen LogP contribution in [-0.4, -0.2) is 27.5 Å². The highest BCUT2D eigenvalue weighted by molar-refractivity contribution is 5.95. The normalized spacial score (nSPS) is 10.5. The second-order valence-corrected chi connectivity index (χ2v) is 5.27. The first-order valence-electron chi connectivity index (χ1n) is 7.74. The predicted molar refractivity (Wildman–Crippen MR) is 93.9 cm³/mol. The third-order valence-corrected chi connectivity index (χ3v) is 3.61. The van der Waals surface area contributed by atoms with E-state index in [1.807, 2.05) is 0 Å². The van der Waals surface area contributed by atoms with Crippen LogP contribution in [0, 0.1) is 10.1 Å². The van der Waals surface area contributed by atoms with Crippen molar-refractivity contribution in [3.63, 3.8) is 0 Å². The summed E-state index contributed by atoms with van der Waals surface area (Å²) in [7, 11) is 0. The molecule has 0 aliphatic carbocycles. The van der Waals surface area contributed by atoms with E-state index in [9.17, 15) is 19.7 Å². The van der Waals surface area contributed by atoms with Gasteiger partial charge in [0.25, 0.3) is 5.69 Å². The van der Waals surface area contributed by atoms with E-state index in [1.165, 1.54) is 18.2 Å². The number of esters is 1. The molecule has 0 aliphatic heterocycles. The highest BCUT2D eigenvalue weighted by Gasteiger charge is 2.19. The molecule has 0 bridgehead atoms. The number of hydrogen-bond acceptors (Lipinski definition) is 7. The monoisotopic (exact) mass is 351 g/mol. The number of hydrogen-bond donors (Lipinski definition) is 0. The van der Waals surface area contributed by atoms with Crippen LogP contribution in [0.1, 0.15) is 17.4 Å². The van der Waals surface area contributed by atoms with Gasteiger partial charge in [0, 0.05) is 23.1 Å². The first-order valence-corrected chi connectivity index (χ1v) is 7.74. The first kappa shape index (κ1) is 17.2. The Morgan fingerprint density at radius 2 is 1.88 bits per heavy atom. The van der Waals surface area contributed by atoms with Gasteiger partial charge in [-0.05, 0) is 13.0 Å². The van der Waals surface area contributed by atoms with Gasteiger partial charge in [0.05, 0.1) is 22.7 Å². The Balaban J connectivity index is 2.43. The van der Waals surface area contributed by atoms with E-state index in [0.717, 1.165) is 0 Å². The van der Waals surface area contributed by atoms with Crippen LogP contribution in [0.25, 0.3) is 22.2 Å². The zero-order chi connectivity index (χ0) is 18.7. The van der Waals surface area contributed by atoms with Crippen molar-refractivity contribution in [2.24, 2.45) is 0 Å². The SMILES string of the molecule is CCOC(=O)c1nc(-c2ccccc2)c2cc([N+](=O)[O-])ccc2nc1=O. The van der Waals surface area contributed by atoms with Crippen molar-refractivity contribution >= 4 is 22.6 Å². The van der Waals surface area contributed by atoms with Gasteiger partial charge in [0.1, 0.15) is 0 Å². The van der Waals surface area contributed by atoms with Gasteiger partial charge in [-0.15, -0.1) is 0 Å². The van der Waals surface area contributed by atoms with Crippen molar-refractivity contribution < 1.29 is 14.5 Å². The Hall–Kier alpha value is -3.68.